The highest BCUT2D eigenvalue weighted by molar-refractivity contribution is 6.29. The molecule has 0 N–H and O–H groups in total. The van der Waals surface area contributed by atoms with E-state index in [1.807, 2.05) is 6.07 Å². The van der Waals surface area contributed by atoms with Crippen LogP contribution in [0.2, 0.25) is 0 Å². The maximum Gasteiger partial charge on any atom is 0.364 e. The summed E-state index contributed by atoms with van der Waals surface area (Å²) in [6.07, 6.45) is 0. The monoisotopic (exact) mass is 274 g/mol. The molecule has 1 aromatic carbocycles. The number of benzene rings is 1. The molecule has 0 aromatic heterocycles. The standard InChI is InChI=1S/C12H15ClO5/c1-15-7-8-16-9-17-18-12(14)11(13)10-5-3-2-4-6-10/h2-6,11H,7-9H2,1H3. The zero-order valence-electron chi connectivity index (χ0n) is 10.0. The molecule has 18 heavy (non-hydrogen) atoms. The summed E-state index contributed by atoms with van der Waals surface area (Å²) in [6, 6.07) is 8.86. The van der Waals surface area contributed by atoms with Crippen molar-refractivity contribution >= 4 is 17.6 Å². The summed E-state index contributed by atoms with van der Waals surface area (Å²) in [4.78, 5) is 20.5. The molecule has 6 heteroatoms. The molecule has 0 aliphatic carbocycles. The third-order valence-corrected chi connectivity index (χ3v) is 2.43. The summed E-state index contributed by atoms with van der Waals surface area (Å²) < 4.78 is 9.70. The van der Waals surface area contributed by atoms with Gasteiger partial charge in [0.2, 0.25) is 0 Å². The minimum atomic E-state index is -0.898. The third kappa shape index (κ3) is 5.46. The van der Waals surface area contributed by atoms with Crippen molar-refractivity contribution in [1.82, 2.24) is 0 Å². The van der Waals surface area contributed by atoms with Crippen LogP contribution in [0.25, 0.3) is 0 Å². The highest BCUT2D eigenvalue weighted by Gasteiger charge is 2.20. The second kappa shape index (κ2) is 8.88. The Morgan fingerprint density at radius 2 is 2.00 bits per heavy atom. The van der Waals surface area contributed by atoms with Gasteiger partial charge in [0.05, 0.1) is 13.2 Å². The van der Waals surface area contributed by atoms with Gasteiger partial charge in [-0.3, -0.25) is 4.89 Å². The Bertz CT molecular complexity index is 344. The molecule has 0 spiro atoms. The number of carbonyl (C=O) groups excluding carboxylic acids is 1. The summed E-state index contributed by atoms with van der Waals surface area (Å²) in [7, 11) is 1.56. The van der Waals surface area contributed by atoms with Gasteiger partial charge in [0, 0.05) is 7.11 Å². The Morgan fingerprint density at radius 1 is 1.28 bits per heavy atom. The van der Waals surface area contributed by atoms with Crippen LogP contribution in [-0.2, 0) is 24.0 Å². The normalized spacial score (nSPS) is 12.1. The average molecular weight is 275 g/mol. The first-order chi connectivity index (χ1) is 8.75. The van der Waals surface area contributed by atoms with Gasteiger partial charge in [-0.05, 0) is 5.56 Å². The first-order valence-corrected chi connectivity index (χ1v) is 5.78. The van der Waals surface area contributed by atoms with Crippen molar-refractivity contribution in [2.45, 2.75) is 5.38 Å². The molecule has 0 saturated carbocycles. The molecular formula is C12H15ClO5. The highest BCUT2D eigenvalue weighted by atomic mass is 35.5. The van der Waals surface area contributed by atoms with Gasteiger partial charge in [-0.15, -0.1) is 11.6 Å². The molecule has 0 aliphatic heterocycles. The maximum absolute atomic E-state index is 11.5. The van der Waals surface area contributed by atoms with Gasteiger partial charge in [-0.2, -0.15) is 4.89 Å². The molecule has 0 saturated heterocycles. The van der Waals surface area contributed by atoms with Crippen LogP contribution < -0.4 is 0 Å². The predicted octanol–water partition coefficient (Wildman–Crippen LogP) is 2.06. The Hall–Kier alpha value is -1.14. The maximum atomic E-state index is 11.5. The summed E-state index contributed by atoms with van der Waals surface area (Å²) in [5.74, 6) is -0.682. The van der Waals surface area contributed by atoms with E-state index in [-0.39, 0.29) is 6.79 Å². The second-order valence-electron chi connectivity index (χ2n) is 3.31. The Balaban J connectivity index is 2.20. The molecule has 5 nitrogen and oxygen atoms in total. The molecule has 0 bridgehead atoms. The van der Waals surface area contributed by atoms with Crippen LogP contribution in [0.3, 0.4) is 0 Å². The van der Waals surface area contributed by atoms with Gasteiger partial charge >= 0.3 is 5.97 Å². The fraction of sp³-hybridized carbons (Fsp3) is 0.417. The van der Waals surface area contributed by atoms with Gasteiger partial charge < -0.3 is 9.47 Å². The van der Waals surface area contributed by atoms with Crippen molar-refractivity contribution in [2.24, 2.45) is 0 Å². The van der Waals surface area contributed by atoms with E-state index in [1.54, 1.807) is 31.4 Å². The minimum absolute atomic E-state index is 0.159. The first-order valence-electron chi connectivity index (χ1n) is 5.34. The lowest BCUT2D eigenvalue weighted by molar-refractivity contribution is -0.311. The minimum Gasteiger partial charge on any atom is -0.382 e. The van der Waals surface area contributed by atoms with Crippen molar-refractivity contribution in [3.05, 3.63) is 35.9 Å². The number of rotatable bonds is 8. The Morgan fingerprint density at radius 3 is 2.67 bits per heavy atom. The van der Waals surface area contributed by atoms with E-state index in [9.17, 15) is 4.79 Å². The number of methoxy groups -OCH3 is 1. The molecule has 1 atom stereocenters. The summed E-state index contributed by atoms with van der Waals surface area (Å²) >= 11 is 5.90. The number of halogens is 1. The van der Waals surface area contributed by atoms with Crippen LogP contribution in [0, 0.1) is 0 Å². The van der Waals surface area contributed by atoms with Crippen LogP contribution >= 0.6 is 11.6 Å². The van der Waals surface area contributed by atoms with E-state index in [0.717, 1.165) is 0 Å². The molecule has 0 radical (unpaired) electrons. The first kappa shape index (κ1) is 14.9. The van der Waals surface area contributed by atoms with Gasteiger partial charge in [0.15, 0.2) is 12.2 Å². The van der Waals surface area contributed by atoms with E-state index in [2.05, 4.69) is 9.78 Å². The smallest absolute Gasteiger partial charge is 0.364 e. The third-order valence-electron chi connectivity index (χ3n) is 2.00. The van der Waals surface area contributed by atoms with Gasteiger partial charge in [-0.1, -0.05) is 30.3 Å². The van der Waals surface area contributed by atoms with Crippen molar-refractivity contribution in [2.75, 3.05) is 27.1 Å². The molecular weight excluding hydrogens is 260 g/mol. The number of hydrogen-bond donors (Lipinski definition) is 0. The Kier molecular flexibility index (Phi) is 7.36. The lowest BCUT2D eigenvalue weighted by Gasteiger charge is -2.08. The molecule has 0 aliphatic rings. The number of carbonyl (C=O) groups is 1. The molecule has 0 heterocycles. The van der Waals surface area contributed by atoms with Crippen LogP contribution in [-0.4, -0.2) is 33.1 Å². The van der Waals surface area contributed by atoms with Crippen molar-refractivity contribution in [1.29, 1.82) is 0 Å². The lowest BCUT2D eigenvalue weighted by Crippen LogP contribution is -2.14. The average Bonchev–Trinajstić information content (AvgIpc) is 2.42. The molecule has 1 unspecified atom stereocenters. The fourth-order valence-corrected chi connectivity index (χ4v) is 1.30. The summed E-state index contributed by atoms with van der Waals surface area (Å²) in [6.45, 7) is 0.643. The zero-order chi connectivity index (χ0) is 13.2. The van der Waals surface area contributed by atoms with Crippen LogP contribution in [0.1, 0.15) is 10.9 Å². The van der Waals surface area contributed by atoms with E-state index in [4.69, 9.17) is 21.1 Å². The number of hydrogen-bond acceptors (Lipinski definition) is 5. The van der Waals surface area contributed by atoms with Crippen LogP contribution in [0.4, 0.5) is 0 Å². The van der Waals surface area contributed by atoms with Crippen LogP contribution in [0.15, 0.2) is 30.3 Å². The quantitative estimate of drug-likeness (QED) is 0.239. The number of ether oxygens (including phenoxy) is 2. The van der Waals surface area contributed by atoms with Crippen molar-refractivity contribution < 1.29 is 24.0 Å². The zero-order valence-corrected chi connectivity index (χ0v) is 10.8. The van der Waals surface area contributed by atoms with Gasteiger partial charge in [-0.25, -0.2) is 4.79 Å². The molecule has 0 amide bonds. The molecule has 100 valence electrons. The highest BCUT2D eigenvalue weighted by Crippen LogP contribution is 2.21. The van der Waals surface area contributed by atoms with Crippen molar-refractivity contribution in [3.8, 4) is 0 Å². The van der Waals surface area contributed by atoms with Crippen molar-refractivity contribution in [3.63, 3.8) is 0 Å². The molecule has 1 rings (SSSR count). The fourth-order valence-electron chi connectivity index (χ4n) is 1.12. The van der Waals surface area contributed by atoms with Gasteiger partial charge in [0.1, 0.15) is 0 Å². The van der Waals surface area contributed by atoms with Crippen LogP contribution in [0.5, 0.6) is 0 Å². The van der Waals surface area contributed by atoms with E-state index in [0.29, 0.717) is 18.8 Å². The molecule has 0 fully saturated rings. The topological polar surface area (TPSA) is 54.0 Å². The molecule has 1 aromatic rings. The number of alkyl halides is 1. The largest absolute Gasteiger partial charge is 0.382 e. The lowest BCUT2D eigenvalue weighted by atomic mass is 10.1. The SMILES string of the molecule is COCCOCOOC(=O)C(Cl)c1ccccc1. The predicted molar refractivity (Wildman–Crippen MR) is 64.9 cm³/mol. The Labute approximate surface area is 110 Å². The summed E-state index contributed by atoms with van der Waals surface area (Å²) in [5, 5.41) is -0.898. The van der Waals surface area contributed by atoms with Gasteiger partial charge in [0.25, 0.3) is 0 Å². The van der Waals surface area contributed by atoms with E-state index >= 15 is 0 Å². The van der Waals surface area contributed by atoms with E-state index < -0.39 is 11.3 Å². The summed E-state index contributed by atoms with van der Waals surface area (Å²) in [5.41, 5.74) is 0.646. The second-order valence-corrected chi connectivity index (χ2v) is 3.75. The van der Waals surface area contributed by atoms with E-state index in [1.165, 1.54) is 0 Å².